The average molecular weight is 387 g/mol. The van der Waals surface area contributed by atoms with E-state index >= 15 is 0 Å². The number of nitrogens with zero attached hydrogens (tertiary/aromatic N) is 1. The van der Waals surface area contributed by atoms with E-state index in [0.29, 0.717) is 24.8 Å². The summed E-state index contributed by atoms with van der Waals surface area (Å²) in [6, 6.07) is 13.5. The highest BCUT2D eigenvalue weighted by molar-refractivity contribution is 6.30. The summed E-state index contributed by atoms with van der Waals surface area (Å²) in [5, 5.41) is 3.60. The van der Waals surface area contributed by atoms with Crippen molar-refractivity contribution in [3.63, 3.8) is 0 Å². The number of carbonyl (C=O) groups is 1. The van der Waals surface area contributed by atoms with Crippen LogP contribution in [-0.2, 0) is 4.79 Å². The fourth-order valence-corrected chi connectivity index (χ4v) is 3.82. The number of fused-ring (bicyclic) bond motifs is 1. The summed E-state index contributed by atoms with van der Waals surface area (Å²) in [6.45, 7) is 2.63. The van der Waals surface area contributed by atoms with Crippen LogP contribution in [0.15, 0.2) is 42.5 Å². The number of ether oxygens (including phenoxy) is 2. The van der Waals surface area contributed by atoms with Crippen molar-refractivity contribution in [2.75, 3.05) is 31.6 Å². The Morgan fingerprint density at radius 3 is 2.67 bits per heavy atom. The maximum Gasteiger partial charge on any atom is 0.238 e. The number of amides is 1. The smallest absolute Gasteiger partial charge is 0.238 e. The zero-order valence-electron chi connectivity index (χ0n) is 15.1. The van der Waals surface area contributed by atoms with Crippen LogP contribution in [0.1, 0.15) is 30.9 Å². The second kappa shape index (κ2) is 8.19. The highest BCUT2D eigenvalue weighted by Gasteiger charge is 2.28. The summed E-state index contributed by atoms with van der Waals surface area (Å²) in [7, 11) is 0. The molecule has 1 atom stereocenters. The molecule has 1 N–H and O–H groups in total. The van der Waals surface area contributed by atoms with Crippen molar-refractivity contribution in [2.45, 2.75) is 25.3 Å². The predicted octanol–water partition coefficient (Wildman–Crippen LogP) is 4.28. The van der Waals surface area contributed by atoms with Gasteiger partial charge in [0.25, 0.3) is 0 Å². The van der Waals surface area contributed by atoms with E-state index in [1.54, 1.807) is 12.1 Å². The van der Waals surface area contributed by atoms with Gasteiger partial charge in [-0.2, -0.15) is 0 Å². The third kappa shape index (κ3) is 4.37. The van der Waals surface area contributed by atoms with Gasteiger partial charge in [-0.15, -0.1) is 0 Å². The van der Waals surface area contributed by atoms with Crippen LogP contribution in [-0.4, -0.2) is 37.1 Å². The van der Waals surface area contributed by atoms with Crippen molar-refractivity contribution in [3.8, 4) is 11.5 Å². The molecule has 1 saturated heterocycles. The Morgan fingerprint density at radius 1 is 1.07 bits per heavy atom. The lowest BCUT2D eigenvalue weighted by Gasteiger charge is -2.25. The van der Waals surface area contributed by atoms with Crippen molar-refractivity contribution in [1.82, 2.24) is 4.90 Å². The monoisotopic (exact) mass is 386 g/mol. The lowest BCUT2D eigenvalue weighted by Crippen LogP contribution is -2.32. The van der Waals surface area contributed by atoms with Gasteiger partial charge in [0.05, 0.1) is 19.8 Å². The summed E-state index contributed by atoms with van der Waals surface area (Å²) in [4.78, 5) is 14.7. The van der Waals surface area contributed by atoms with E-state index in [0.717, 1.165) is 43.0 Å². The molecule has 2 aromatic rings. The average Bonchev–Trinajstić information content (AvgIpc) is 2.99. The standard InChI is InChI=1S/C21H23ClN2O3/c22-16-5-7-17(8-6-16)23-21(25)14-24-10-1-3-18(24)15-4-9-19-20(13-15)27-12-2-11-26-19/h4-9,13,18H,1-3,10-12,14H2,(H,23,25)/t18-/m1/s1. The van der Waals surface area contributed by atoms with Gasteiger partial charge >= 0.3 is 0 Å². The maximum atomic E-state index is 12.5. The molecule has 0 bridgehead atoms. The molecule has 2 aliphatic rings. The quantitative estimate of drug-likeness (QED) is 0.852. The Morgan fingerprint density at radius 2 is 1.85 bits per heavy atom. The molecule has 1 amide bonds. The van der Waals surface area contributed by atoms with Gasteiger partial charge in [-0.05, 0) is 61.3 Å². The van der Waals surface area contributed by atoms with Crippen LogP contribution in [0, 0.1) is 0 Å². The second-order valence-electron chi connectivity index (χ2n) is 6.94. The number of benzene rings is 2. The zero-order chi connectivity index (χ0) is 18.6. The summed E-state index contributed by atoms with van der Waals surface area (Å²) >= 11 is 5.89. The zero-order valence-corrected chi connectivity index (χ0v) is 15.9. The molecule has 4 rings (SSSR count). The molecule has 0 spiro atoms. The van der Waals surface area contributed by atoms with E-state index in [1.807, 2.05) is 18.2 Å². The molecular weight excluding hydrogens is 364 g/mol. The lowest BCUT2D eigenvalue weighted by molar-refractivity contribution is -0.117. The summed E-state index contributed by atoms with van der Waals surface area (Å²) in [5.41, 5.74) is 1.94. The predicted molar refractivity (Wildman–Crippen MR) is 106 cm³/mol. The van der Waals surface area contributed by atoms with Crippen molar-refractivity contribution >= 4 is 23.2 Å². The molecule has 0 saturated carbocycles. The topological polar surface area (TPSA) is 50.8 Å². The molecule has 2 heterocycles. The van der Waals surface area contributed by atoms with Gasteiger partial charge in [0.1, 0.15) is 0 Å². The number of hydrogen-bond donors (Lipinski definition) is 1. The Bertz CT molecular complexity index is 810. The first kappa shape index (κ1) is 18.1. The van der Waals surface area contributed by atoms with E-state index in [1.165, 1.54) is 5.56 Å². The number of hydrogen-bond acceptors (Lipinski definition) is 4. The number of rotatable bonds is 4. The number of likely N-dealkylation sites (tertiary alicyclic amines) is 1. The number of halogens is 1. The van der Waals surface area contributed by atoms with Gasteiger partial charge < -0.3 is 14.8 Å². The largest absolute Gasteiger partial charge is 0.490 e. The van der Waals surface area contributed by atoms with Gasteiger partial charge in [0, 0.05) is 23.2 Å². The van der Waals surface area contributed by atoms with Gasteiger partial charge in [0.2, 0.25) is 5.91 Å². The highest BCUT2D eigenvalue weighted by atomic mass is 35.5. The minimum absolute atomic E-state index is 0.0152. The van der Waals surface area contributed by atoms with Crippen LogP contribution in [0.3, 0.4) is 0 Å². The van der Waals surface area contributed by atoms with Crippen molar-refractivity contribution < 1.29 is 14.3 Å². The molecule has 5 nitrogen and oxygen atoms in total. The van der Waals surface area contributed by atoms with Crippen LogP contribution in [0.2, 0.25) is 5.02 Å². The third-order valence-corrected chi connectivity index (χ3v) is 5.25. The summed E-state index contributed by atoms with van der Waals surface area (Å²) in [6.07, 6.45) is 3.01. The van der Waals surface area contributed by atoms with Gasteiger partial charge in [-0.25, -0.2) is 0 Å². The van der Waals surface area contributed by atoms with Crippen LogP contribution in [0.25, 0.3) is 0 Å². The van der Waals surface area contributed by atoms with E-state index in [2.05, 4.69) is 22.3 Å². The molecule has 1 fully saturated rings. The number of anilines is 1. The highest BCUT2D eigenvalue weighted by Crippen LogP contribution is 2.37. The third-order valence-electron chi connectivity index (χ3n) is 4.99. The van der Waals surface area contributed by atoms with Crippen molar-refractivity contribution in [1.29, 1.82) is 0 Å². The molecule has 0 unspecified atom stereocenters. The number of nitrogens with one attached hydrogen (secondary N) is 1. The van der Waals surface area contributed by atoms with E-state index in [4.69, 9.17) is 21.1 Å². The second-order valence-corrected chi connectivity index (χ2v) is 7.38. The van der Waals surface area contributed by atoms with Crippen LogP contribution in [0.5, 0.6) is 11.5 Å². The van der Waals surface area contributed by atoms with Gasteiger partial charge in [-0.1, -0.05) is 17.7 Å². The van der Waals surface area contributed by atoms with E-state index < -0.39 is 0 Å². The summed E-state index contributed by atoms with van der Waals surface area (Å²) in [5.74, 6) is 1.60. The van der Waals surface area contributed by atoms with Crippen LogP contribution >= 0.6 is 11.6 Å². The van der Waals surface area contributed by atoms with Crippen LogP contribution < -0.4 is 14.8 Å². The Hall–Kier alpha value is -2.24. The Balaban J connectivity index is 1.43. The molecule has 27 heavy (non-hydrogen) atoms. The van der Waals surface area contributed by atoms with Crippen molar-refractivity contribution in [3.05, 3.63) is 53.1 Å². The molecular formula is C21H23ClN2O3. The first-order valence-corrected chi connectivity index (χ1v) is 9.76. The molecule has 2 aliphatic heterocycles. The molecule has 6 heteroatoms. The molecule has 0 aliphatic carbocycles. The maximum absolute atomic E-state index is 12.5. The van der Waals surface area contributed by atoms with Crippen LogP contribution in [0.4, 0.5) is 5.69 Å². The van der Waals surface area contributed by atoms with Gasteiger partial charge in [-0.3, -0.25) is 9.69 Å². The lowest BCUT2D eigenvalue weighted by atomic mass is 10.0. The molecule has 0 radical (unpaired) electrons. The van der Waals surface area contributed by atoms with Gasteiger partial charge in [0.15, 0.2) is 11.5 Å². The SMILES string of the molecule is O=C(CN1CCC[C@@H]1c1ccc2c(c1)OCCCO2)Nc1ccc(Cl)cc1. The van der Waals surface area contributed by atoms with Crippen molar-refractivity contribution in [2.24, 2.45) is 0 Å². The molecule has 2 aromatic carbocycles. The van der Waals surface area contributed by atoms with E-state index in [-0.39, 0.29) is 11.9 Å². The Kier molecular flexibility index (Phi) is 5.50. The van der Waals surface area contributed by atoms with E-state index in [9.17, 15) is 4.79 Å². The normalized spacial score (nSPS) is 19.5. The fourth-order valence-electron chi connectivity index (χ4n) is 3.70. The minimum Gasteiger partial charge on any atom is -0.490 e. The molecule has 142 valence electrons. The Labute approximate surface area is 164 Å². The number of carbonyl (C=O) groups excluding carboxylic acids is 1. The first-order valence-electron chi connectivity index (χ1n) is 9.38. The molecule has 0 aromatic heterocycles. The first-order chi connectivity index (χ1) is 13.2. The minimum atomic E-state index is -0.0152. The summed E-state index contributed by atoms with van der Waals surface area (Å²) < 4.78 is 11.5. The fraction of sp³-hybridized carbons (Fsp3) is 0.381.